The fourth-order valence-corrected chi connectivity index (χ4v) is 6.27. The molecule has 2 bridgehead atoms. The highest BCUT2D eigenvalue weighted by Gasteiger charge is 2.50. The summed E-state index contributed by atoms with van der Waals surface area (Å²) in [5, 5.41) is 10.2. The zero-order valence-corrected chi connectivity index (χ0v) is 18.2. The number of carboxylic acid groups (broad SMARTS) is 1. The minimum Gasteiger partial charge on any atom is -0.477 e. The molecule has 1 aromatic carbocycles. The summed E-state index contributed by atoms with van der Waals surface area (Å²) in [6.45, 7) is 7.57. The van der Waals surface area contributed by atoms with Crippen LogP contribution < -0.4 is 10.3 Å². The van der Waals surface area contributed by atoms with Crippen molar-refractivity contribution in [3.63, 3.8) is 0 Å². The average molecular weight is 423 g/mol. The number of rotatable bonds is 2. The molecule has 5 rings (SSSR count). The molecule has 162 valence electrons. The SMILES string of the molecule is Cn1cc(C(=O)O)c(=O)c2c3cc(N4C[C@@]5(C)C[C@@H]4CC(C)(C)C5)c(F)cc3ncc21. The molecule has 0 spiro atoms. The Balaban J connectivity index is 1.76. The summed E-state index contributed by atoms with van der Waals surface area (Å²) in [5.74, 6) is -1.64. The molecule has 2 aromatic heterocycles. The highest BCUT2D eigenvalue weighted by atomic mass is 19.1. The summed E-state index contributed by atoms with van der Waals surface area (Å²) in [6, 6.07) is 3.30. The topological polar surface area (TPSA) is 75.4 Å². The Morgan fingerprint density at radius 1 is 1.26 bits per heavy atom. The van der Waals surface area contributed by atoms with Gasteiger partial charge in [-0.2, -0.15) is 0 Å². The van der Waals surface area contributed by atoms with E-state index in [-0.39, 0.29) is 33.6 Å². The molecule has 1 saturated heterocycles. The van der Waals surface area contributed by atoms with E-state index in [2.05, 4.69) is 30.7 Å². The first-order valence-corrected chi connectivity index (χ1v) is 10.6. The van der Waals surface area contributed by atoms with Gasteiger partial charge in [-0.15, -0.1) is 0 Å². The molecule has 1 aliphatic heterocycles. The number of aryl methyl sites for hydroxylation is 1. The van der Waals surface area contributed by atoms with Crippen LogP contribution in [-0.2, 0) is 7.05 Å². The summed E-state index contributed by atoms with van der Waals surface area (Å²) in [6.07, 6.45) is 5.90. The van der Waals surface area contributed by atoms with Crippen LogP contribution in [0.25, 0.3) is 21.8 Å². The Kier molecular flexibility index (Phi) is 4.04. The van der Waals surface area contributed by atoms with Crippen LogP contribution in [0.4, 0.5) is 10.1 Å². The van der Waals surface area contributed by atoms with E-state index in [1.54, 1.807) is 17.7 Å². The van der Waals surface area contributed by atoms with E-state index in [1.165, 1.54) is 18.5 Å². The van der Waals surface area contributed by atoms with E-state index < -0.39 is 11.4 Å². The van der Waals surface area contributed by atoms with Crippen molar-refractivity contribution >= 4 is 33.5 Å². The molecule has 2 aliphatic rings. The molecule has 1 N–H and O–H groups in total. The molecule has 0 amide bonds. The summed E-state index contributed by atoms with van der Waals surface area (Å²) in [4.78, 5) is 31.1. The molecular formula is C24H26FN3O3. The van der Waals surface area contributed by atoms with Gasteiger partial charge in [0, 0.05) is 37.3 Å². The highest BCUT2D eigenvalue weighted by molar-refractivity contribution is 6.07. The second kappa shape index (κ2) is 6.28. The van der Waals surface area contributed by atoms with Crippen molar-refractivity contribution < 1.29 is 14.3 Å². The number of carbonyl (C=O) groups is 1. The lowest BCUT2D eigenvalue weighted by Gasteiger charge is -2.39. The van der Waals surface area contributed by atoms with Gasteiger partial charge in [0.25, 0.3) is 0 Å². The summed E-state index contributed by atoms with van der Waals surface area (Å²) in [5.41, 5.74) is 0.780. The molecule has 0 unspecified atom stereocenters. The van der Waals surface area contributed by atoms with Crippen LogP contribution in [0.1, 0.15) is 50.4 Å². The van der Waals surface area contributed by atoms with E-state index in [0.29, 0.717) is 22.1 Å². The maximum Gasteiger partial charge on any atom is 0.341 e. The van der Waals surface area contributed by atoms with Crippen molar-refractivity contribution in [3.05, 3.63) is 46.1 Å². The predicted octanol–water partition coefficient (Wildman–Crippen LogP) is 4.33. The molecule has 31 heavy (non-hydrogen) atoms. The van der Waals surface area contributed by atoms with Crippen LogP contribution in [0.15, 0.2) is 29.3 Å². The normalized spacial score (nSPS) is 24.8. The molecule has 2 fully saturated rings. The van der Waals surface area contributed by atoms with Crippen LogP contribution >= 0.6 is 0 Å². The molecule has 3 aromatic rings. The summed E-state index contributed by atoms with van der Waals surface area (Å²) in [7, 11) is 1.68. The van der Waals surface area contributed by atoms with Gasteiger partial charge in [0.15, 0.2) is 0 Å². The average Bonchev–Trinajstić information content (AvgIpc) is 2.91. The van der Waals surface area contributed by atoms with Gasteiger partial charge in [0.2, 0.25) is 5.43 Å². The van der Waals surface area contributed by atoms with Gasteiger partial charge in [-0.25, -0.2) is 9.18 Å². The number of fused-ring (bicyclic) bond motifs is 5. The molecule has 3 heterocycles. The fourth-order valence-electron chi connectivity index (χ4n) is 6.27. The van der Waals surface area contributed by atoms with Gasteiger partial charge >= 0.3 is 5.97 Å². The van der Waals surface area contributed by atoms with E-state index in [4.69, 9.17) is 0 Å². The third-order valence-electron chi connectivity index (χ3n) is 7.05. The predicted molar refractivity (Wildman–Crippen MR) is 118 cm³/mol. The monoisotopic (exact) mass is 423 g/mol. The number of halogens is 1. The number of nitrogens with zero attached hydrogens (tertiary/aromatic N) is 3. The Hall–Kier alpha value is -2.96. The molecule has 1 saturated carbocycles. The van der Waals surface area contributed by atoms with Gasteiger partial charge in [-0.1, -0.05) is 20.8 Å². The van der Waals surface area contributed by atoms with Crippen molar-refractivity contribution in [2.75, 3.05) is 11.4 Å². The molecular weight excluding hydrogens is 397 g/mol. The number of pyridine rings is 2. The van der Waals surface area contributed by atoms with E-state index in [0.717, 1.165) is 25.8 Å². The molecule has 0 radical (unpaired) electrons. The Morgan fingerprint density at radius 3 is 2.71 bits per heavy atom. The maximum absolute atomic E-state index is 15.3. The lowest BCUT2D eigenvalue weighted by atomic mass is 9.65. The fraction of sp³-hybridized carbons (Fsp3) is 0.458. The van der Waals surface area contributed by atoms with Crippen LogP contribution in [-0.4, -0.2) is 33.2 Å². The van der Waals surface area contributed by atoms with E-state index in [9.17, 15) is 14.7 Å². The van der Waals surface area contributed by atoms with Crippen molar-refractivity contribution in [1.82, 2.24) is 9.55 Å². The quantitative estimate of drug-likeness (QED) is 0.621. The third kappa shape index (κ3) is 3.01. The van der Waals surface area contributed by atoms with Crippen LogP contribution in [0.5, 0.6) is 0 Å². The van der Waals surface area contributed by atoms with Crippen LogP contribution in [0, 0.1) is 16.6 Å². The zero-order valence-electron chi connectivity index (χ0n) is 18.2. The first-order chi connectivity index (χ1) is 14.5. The van der Waals surface area contributed by atoms with Crippen LogP contribution in [0.3, 0.4) is 0 Å². The number of aromatic nitrogens is 2. The van der Waals surface area contributed by atoms with Crippen LogP contribution in [0.2, 0.25) is 0 Å². The minimum absolute atomic E-state index is 0.122. The molecule has 2 atom stereocenters. The Morgan fingerprint density at radius 2 is 2.00 bits per heavy atom. The number of carboxylic acids is 1. The smallest absolute Gasteiger partial charge is 0.341 e. The molecule has 1 aliphatic carbocycles. The van der Waals surface area contributed by atoms with Crippen molar-refractivity contribution in [2.24, 2.45) is 17.9 Å². The van der Waals surface area contributed by atoms with Gasteiger partial charge < -0.3 is 14.6 Å². The Bertz CT molecular complexity index is 1330. The second-order valence-corrected chi connectivity index (χ2v) is 10.5. The Labute approximate surface area is 179 Å². The van der Waals surface area contributed by atoms with Crippen molar-refractivity contribution in [2.45, 2.75) is 46.1 Å². The first kappa shape index (κ1) is 20.0. The second-order valence-electron chi connectivity index (χ2n) is 10.5. The highest BCUT2D eigenvalue weighted by Crippen LogP contribution is 2.53. The third-order valence-corrected chi connectivity index (χ3v) is 7.05. The summed E-state index contributed by atoms with van der Waals surface area (Å²) >= 11 is 0. The van der Waals surface area contributed by atoms with Gasteiger partial charge in [0.05, 0.1) is 28.3 Å². The molecule has 6 nitrogen and oxygen atoms in total. The number of benzene rings is 1. The first-order valence-electron chi connectivity index (χ1n) is 10.6. The maximum atomic E-state index is 15.3. The zero-order chi connectivity index (χ0) is 22.3. The van der Waals surface area contributed by atoms with Crippen molar-refractivity contribution in [1.29, 1.82) is 0 Å². The number of hydrogen-bond donors (Lipinski definition) is 1. The number of anilines is 1. The number of hydrogen-bond acceptors (Lipinski definition) is 4. The molecule has 7 heteroatoms. The van der Waals surface area contributed by atoms with Gasteiger partial charge in [-0.05, 0) is 36.2 Å². The largest absolute Gasteiger partial charge is 0.477 e. The summed E-state index contributed by atoms with van der Waals surface area (Å²) < 4.78 is 16.9. The minimum atomic E-state index is -1.28. The van der Waals surface area contributed by atoms with E-state index >= 15 is 4.39 Å². The number of aromatic carboxylic acids is 1. The van der Waals surface area contributed by atoms with Crippen molar-refractivity contribution in [3.8, 4) is 0 Å². The standard InChI is InChI=1S/C24H26FN3O3/c1-23(2)7-13-8-24(3,11-23)12-28(13)18-5-14-17(6-16(18)25)26-9-19-20(14)21(29)15(22(30)31)10-27(19)4/h5-6,9-10,13H,7-8,11-12H2,1-4H3,(H,30,31)/t13-,24-/m0/s1. The lowest BCUT2D eigenvalue weighted by molar-refractivity contribution is 0.0695. The van der Waals surface area contributed by atoms with Gasteiger partial charge in [-0.3, -0.25) is 9.78 Å². The lowest BCUT2D eigenvalue weighted by Crippen LogP contribution is -2.35. The van der Waals surface area contributed by atoms with Gasteiger partial charge in [0.1, 0.15) is 11.4 Å². The van der Waals surface area contributed by atoms with E-state index in [1.807, 2.05) is 0 Å².